The van der Waals surface area contributed by atoms with Gasteiger partial charge in [-0.05, 0) is 37.7 Å². The summed E-state index contributed by atoms with van der Waals surface area (Å²) in [4.78, 5) is 55.4. The van der Waals surface area contributed by atoms with Gasteiger partial charge in [-0.1, -0.05) is 19.1 Å². The fourth-order valence-electron chi connectivity index (χ4n) is 7.13. The van der Waals surface area contributed by atoms with Crippen LogP contribution in [0.15, 0.2) is 47.6 Å². The van der Waals surface area contributed by atoms with E-state index in [1.807, 2.05) is 11.8 Å². The average molecular weight is 528 g/mol. The smallest absolute Gasteiger partial charge is 0.336 e. The highest BCUT2D eigenvalue weighted by molar-refractivity contribution is 6.51. The third-order valence-corrected chi connectivity index (χ3v) is 8.85. The second-order valence-electron chi connectivity index (χ2n) is 11.1. The fourth-order valence-corrected chi connectivity index (χ4v) is 7.13. The fraction of sp³-hybridized carbons (Fsp3) is 0.586. The number of methoxy groups -OCH3 is 1. The molecular weight excluding hydrogens is 490 g/mol. The molecule has 9 nitrogen and oxygen atoms in total. The molecule has 0 aromatic rings. The van der Waals surface area contributed by atoms with Gasteiger partial charge >= 0.3 is 11.9 Å². The summed E-state index contributed by atoms with van der Waals surface area (Å²) in [6.07, 6.45) is 2.09. The van der Waals surface area contributed by atoms with Gasteiger partial charge in [-0.3, -0.25) is 19.3 Å². The third-order valence-electron chi connectivity index (χ3n) is 8.85. The Kier molecular flexibility index (Phi) is 7.67. The molecule has 0 spiro atoms. The van der Waals surface area contributed by atoms with Crippen molar-refractivity contribution in [2.75, 3.05) is 33.4 Å². The molecule has 1 N–H and O–H groups in total. The molecule has 4 rings (SSSR count). The van der Waals surface area contributed by atoms with E-state index in [4.69, 9.17) is 14.2 Å². The molecule has 0 saturated heterocycles. The van der Waals surface area contributed by atoms with E-state index in [1.54, 1.807) is 19.1 Å². The molecule has 0 amide bonds. The number of carbonyl (C=O) groups excluding carboxylic acids is 4. The van der Waals surface area contributed by atoms with Gasteiger partial charge in [-0.2, -0.15) is 0 Å². The predicted octanol–water partition coefficient (Wildman–Crippen LogP) is 2.10. The highest BCUT2D eigenvalue weighted by atomic mass is 16.6. The first kappa shape index (κ1) is 28.1. The average Bonchev–Trinajstić information content (AvgIpc) is 3.13. The summed E-state index contributed by atoms with van der Waals surface area (Å²) < 4.78 is 17.2. The molecule has 0 aromatic carbocycles. The molecule has 9 heteroatoms. The number of ketones is 2. The van der Waals surface area contributed by atoms with E-state index in [0.717, 1.165) is 0 Å². The number of rotatable bonds is 9. The number of hydrogen-bond acceptors (Lipinski definition) is 9. The second kappa shape index (κ2) is 10.4. The minimum absolute atomic E-state index is 0.0301. The zero-order chi connectivity index (χ0) is 28.0. The molecule has 6 atom stereocenters. The first-order valence-electron chi connectivity index (χ1n) is 13.0. The number of hydrogen-bond donors (Lipinski definition) is 1. The van der Waals surface area contributed by atoms with Crippen LogP contribution in [0.25, 0.3) is 0 Å². The highest BCUT2D eigenvalue weighted by Gasteiger charge is 2.65. The molecule has 0 aromatic heterocycles. The summed E-state index contributed by atoms with van der Waals surface area (Å²) in [5.41, 5.74) is -1.10. The zero-order valence-electron chi connectivity index (χ0n) is 22.6. The number of Topliss-reactive ketones (excluding diaryl/α,β-unsaturated/α-hetero) is 2. The molecular formula is C29H37NO8. The van der Waals surface area contributed by atoms with Gasteiger partial charge in [-0.15, -0.1) is 13.2 Å². The van der Waals surface area contributed by atoms with E-state index in [1.165, 1.54) is 14.0 Å². The van der Waals surface area contributed by atoms with Crippen LogP contribution in [0.2, 0.25) is 0 Å². The summed E-state index contributed by atoms with van der Waals surface area (Å²) in [6, 6.07) is 0. The maximum atomic E-state index is 14.0. The van der Waals surface area contributed by atoms with Crippen molar-refractivity contribution < 1.29 is 38.5 Å². The normalized spacial score (nSPS) is 34.5. The number of nitrogens with zero attached hydrogens (tertiary/aromatic N) is 1. The number of ether oxygens (including phenoxy) is 3. The second-order valence-corrected chi connectivity index (χ2v) is 11.1. The van der Waals surface area contributed by atoms with Crippen molar-refractivity contribution in [3.8, 4) is 0 Å². The van der Waals surface area contributed by atoms with Crippen molar-refractivity contribution in [2.45, 2.75) is 58.3 Å². The molecule has 0 radical (unpaired) electrons. The van der Waals surface area contributed by atoms with Crippen LogP contribution in [-0.2, 0) is 33.4 Å². The Labute approximate surface area is 223 Å². The molecule has 206 valence electrons. The molecule has 0 bridgehead atoms. The topological polar surface area (TPSA) is 119 Å². The summed E-state index contributed by atoms with van der Waals surface area (Å²) in [6.45, 7) is 13.3. The summed E-state index contributed by atoms with van der Waals surface area (Å²) in [5, 5.41) is 10.9. The number of aliphatic hydroxyl groups is 1. The molecule has 1 heterocycles. The lowest BCUT2D eigenvalue weighted by atomic mass is 9.52. The zero-order valence-corrected chi connectivity index (χ0v) is 22.6. The number of esters is 2. The van der Waals surface area contributed by atoms with Crippen LogP contribution in [0.3, 0.4) is 0 Å². The van der Waals surface area contributed by atoms with Crippen molar-refractivity contribution in [1.82, 2.24) is 4.90 Å². The van der Waals surface area contributed by atoms with Crippen molar-refractivity contribution in [2.24, 2.45) is 16.7 Å². The molecule has 1 aliphatic heterocycles. The Balaban J connectivity index is 2.02. The molecule has 1 saturated carbocycles. The molecule has 1 unspecified atom stereocenters. The van der Waals surface area contributed by atoms with Crippen LogP contribution in [0.1, 0.15) is 40.0 Å². The Morgan fingerprint density at radius 3 is 2.39 bits per heavy atom. The van der Waals surface area contributed by atoms with Gasteiger partial charge in [0, 0.05) is 50.2 Å². The Hall–Kier alpha value is -2.88. The molecule has 4 aliphatic rings. The Morgan fingerprint density at radius 2 is 1.82 bits per heavy atom. The van der Waals surface area contributed by atoms with E-state index in [9.17, 15) is 24.3 Å². The SMILES string of the molecule is C=CCN(CC=C)CC1=C2C(=O)C(=O)C3=C([C@H](OC(C)=O)C[C@]4(C)C(O)CC[C@@H]34)[C@@]2(C)[C@@H](COC)OC1=O. The minimum Gasteiger partial charge on any atom is -0.458 e. The van der Waals surface area contributed by atoms with E-state index in [2.05, 4.69) is 13.2 Å². The van der Waals surface area contributed by atoms with Crippen molar-refractivity contribution in [3.63, 3.8) is 0 Å². The predicted molar refractivity (Wildman–Crippen MR) is 138 cm³/mol. The standard InChI is InChI=1S/C29H37NO8/c1-7-11-30(12-8-2)14-17-23-26(34)25(33)22-18-9-10-20(32)28(18,4)13-19(37-16(3)31)24(22)29(23,5)21(15-36-6)38-27(17)35/h7-8,18-21,32H,1-2,9-15H2,3-6H3/t18-,19+,20?,21+,28-,29-/m0/s1. The summed E-state index contributed by atoms with van der Waals surface area (Å²) in [5.74, 6) is -3.10. The van der Waals surface area contributed by atoms with Crippen LogP contribution in [0, 0.1) is 16.7 Å². The number of carbonyl (C=O) groups is 4. The van der Waals surface area contributed by atoms with Crippen LogP contribution >= 0.6 is 0 Å². The Morgan fingerprint density at radius 1 is 1.16 bits per heavy atom. The van der Waals surface area contributed by atoms with Crippen molar-refractivity contribution >= 4 is 23.5 Å². The summed E-state index contributed by atoms with van der Waals surface area (Å²) in [7, 11) is 1.46. The van der Waals surface area contributed by atoms with Gasteiger partial charge in [0.05, 0.1) is 23.7 Å². The van der Waals surface area contributed by atoms with E-state index in [0.29, 0.717) is 31.5 Å². The largest absolute Gasteiger partial charge is 0.458 e. The Bertz CT molecular complexity index is 1140. The maximum Gasteiger partial charge on any atom is 0.336 e. The summed E-state index contributed by atoms with van der Waals surface area (Å²) >= 11 is 0. The number of aliphatic hydroxyl groups excluding tert-OH is 1. The lowest BCUT2D eigenvalue weighted by molar-refractivity contribution is -0.162. The lowest BCUT2D eigenvalue weighted by Crippen LogP contribution is -2.59. The third kappa shape index (κ3) is 4.21. The van der Waals surface area contributed by atoms with Gasteiger partial charge in [0.1, 0.15) is 12.2 Å². The minimum atomic E-state index is -1.28. The van der Waals surface area contributed by atoms with Gasteiger partial charge in [0.15, 0.2) is 0 Å². The van der Waals surface area contributed by atoms with E-state index >= 15 is 0 Å². The van der Waals surface area contributed by atoms with Crippen molar-refractivity contribution in [1.29, 1.82) is 0 Å². The van der Waals surface area contributed by atoms with Crippen LogP contribution in [0.4, 0.5) is 0 Å². The van der Waals surface area contributed by atoms with Crippen LogP contribution < -0.4 is 0 Å². The number of fused-ring (bicyclic) bond motifs is 4. The molecule has 38 heavy (non-hydrogen) atoms. The monoisotopic (exact) mass is 527 g/mol. The van der Waals surface area contributed by atoms with Gasteiger partial charge < -0.3 is 19.3 Å². The highest BCUT2D eigenvalue weighted by Crippen LogP contribution is 2.62. The molecule has 3 aliphatic carbocycles. The van der Waals surface area contributed by atoms with Crippen molar-refractivity contribution in [3.05, 3.63) is 47.6 Å². The maximum absolute atomic E-state index is 14.0. The van der Waals surface area contributed by atoms with Gasteiger partial charge in [0.2, 0.25) is 11.6 Å². The lowest BCUT2D eigenvalue weighted by Gasteiger charge is -2.54. The van der Waals surface area contributed by atoms with Gasteiger partial charge in [0.25, 0.3) is 0 Å². The first-order valence-corrected chi connectivity index (χ1v) is 13.0. The quantitative estimate of drug-likeness (QED) is 0.273. The number of allylic oxidation sites excluding steroid dienone is 1. The van der Waals surface area contributed by atoms with E-state index in [-0.39, 0.29) is 36.3 Å². The van der Waals surface area contributed by atoms with Crippen LogP contribution in [-0.4, -0.2) is 85.2 Å². The van der Waals surface area contributed by atoms with Gasteiger partial charge in [-0.25, -0.2) is 4.79 Å². The van der Waals surface area contributed by atoms with E-state index < -0.39 is 58.6 Å². The van der Waals surface area contributed by atoms with Crippen LogP contribution in [0.5, 0.6) is 0 Å². The number of cyclic esters (lactones) is 1. The first-order chi connectivity index (χ1) is 17.9. The molecule has 1 fully saturated rings.